The minimum Gasteiger partial charge on any atom is -0.497 e. The molecule has 5 nitrogen and oxygen atoms in total. The van der Waals surface area contributed by atoms with E-state index in [9.17, 15) is 10.1 Å². The molecule has 5 heteroatoms. The number of benzene rings is 2. The Labute approximate surface area is 153 Å². The van der Waals surface area contributed by atoms with Crippen molar-refractivity contribution in [3.63, 3.8) is 0 Å². The van der Waals surface area contributed by atoms with Gasteiger partial charge in [-0.2, -0.15) is 5.26 Å². The van der Waals surface area contributed by atoms with Gasteiger partial charge in [-0.15, -0.1) is 0 Å². The Morgan fingerprint density at radius 3 is 2.58 bits per heavy atom. The Morgan fingerprint density at radius 2 is 1.92 bits per heavy atom. The number of nitrogens with one attached hydrogen (secondary N) is 1. The number of amides is 1. The van der Waals surface area contributed by atoms with Crippen LogP contribution in [0.1, 0.15) is 17.5 Å². The van der Waals surface area contributed by atoms with Crippen molar-refractivity contribution in [3.05, 3.63) is 65.2 Å². The predicted octanol–water partition coefficient (Wildman–Crippen LogP) is 3.36. The molecular formula is C21H22N2O3. The van der Waals surface area contributed by atoms with Gasteiger partial charge in [-0.1, -0.05) is 30.3 Å². The largest absolute Gasteiger partial charge is 0.497 e. The summed E-state index contributed by atoms with van der Waals surface area (Å²) in [7, 11) is 3.09. The molecule has 0 aliphatic carbocycles. The van der Waals surface area contributed by atoms with Crippen molar-refractivity contribution >= 4 is 12.0 Å². The standard InChI is InChI=1S/C21H22N2O3/c1-25-19-11-10-17(20(14-19)26-2)13-18(15-22)21(24)23-12-6-9-16-7-4-3-5-8-16/h3-5,7-8,10-11,13-14H,6,9,12H2,1-2H3,(H,23,24)/b18-13-. The molecule has 134 valence electrons. The van der Waals surface area contributed by atoms with Crippen molar-refractivity contribution in [2.45, 2.75) is 12.8 Å². The van der Waals surface area contributed by atoms with Crippen LogP contribution in [0, 0.1) is 11.3 Å². The van der Waals surface area contributed by atoms with Crippen molar-refractivity contribution in [1.82, 2.24) is 5.32 Å². The van der Waals surface area contributed by atoms with Crippen LogP contribution in [0.15, 0.2) is 54.1 Å². The SMILES string of the molecule is COc1ccc(/C=C(/C#N)C(=O)NCCCc2ccccc2)c(OC)c1. The third kappa shape index (κ3) is 5.38. The zero-order chi connectivity index (χ0) is 18.8. The molecule has 0 aliphatic rings. The Kier molecular flexibility index (Phi) is 7.26. The highest BCUT2D eigenvalue weighted by Crippen LogP contribution is 2.26. The molecule has 0 bridgehead atoms. The Balaban J connectivity index is 1.97. The fourth-order valence-corrected chi connectivity index (χ4v) is 2.48. The minimum absolute atomic E-state index is 0.0353. The summed E-state index contributed by atoms with van der Waals surface area (Å²) in [5.74, 6) is 0.787. The summed E-state index contributed by atoms with van der Waals surface area (Å²) in [6.07, 6.45) is 3.20. The lowest BCUT2D eigenvalue weighted by molar-refractivity contribution is -0.117. The van der Waals surface area contributed by atoms with E-state index in [-0.39, 0.29) is 5.57 Å². The third-order valence-corrected chi connectivity index (χ3v) is 3.88. The quantitative estimate of drug-likeness (QED) is 0.450. The van der Waals surface area contributed by atoms with Crippen molar-refractivity contribution in [3.8, 4) is 17.6 Å². The first-order chi connectivity index (χ1) is 12.7. The number of nitrogens with zero attached hydrogens (tertiary/aromatic N) is 1. The molecule has 1 amide bonds. The van der Waals surface area contributed by atoms with Crippen LogP contribution < -0.4 is 14.8 Å². The Hall–Kier alpha value is -3.26. The van der Waals surface area contributed by atoms with Gasteiger partial charge in [-0.3, -0.25) is 4.79 Å². The number of carbonyl (C=O) groups excluding carboxylic acids is 1. The fourth-order valence-electron chi connectivity index (χ4n) is 2.48. The number of carbonyl (C=O) groups is 1. The maximum atomic E-state index is 12.2. The average Bonchev–Trinajstić information content (AvgIpc) is 2.70. The normalized spacial score (nSPS) is 10.7. The van der Waals surface area contributed by atoms with Crippen molar-refractivity contribution in [2.24, 2.45) is 0 Å². The lowest BCUT2D eigenvalue weighted by atomic mass is 10.1. The van der Waals surface area contributed by atoms with E-state index in [0.717, 1.165) is 12.8 Å². The molecule has 0 aliphatic heterocycles. The van der Waals surface area contributed by atoms with Crippen molar-refractivity contribution in [2.75, 3.05) is 20.8 Å². The summed E-state index contributed by atoms with van der Waals surface area (Å²) in [4.78, 5) is 12.2. The van der Waals surface area contributed by atoms with Gasteiger partial charge in [0.05, 0.1) is 14.2 Å². The van der Waals surface area contributed by atoms with E-state index in [2.05, 4.69) is 17.4 Å². The molecule has 0 unspecified atom stereocenters. The average molecular weight is 350 g/mol. The number of hydrogen-bond donors (Lipinski definition) is 1. The molecule has 2 aromatic carbocycles. The molecule has 0 atom stereocenters. The molecule has 26 heavy (non-hydrogen) atoms. The first-order valence-electron chi connectivity index (χ1n) is 8.34. The number of nitriles is 1. The molecule has 0 saturated carbocycles. The van der Waals surface area contributed by atoms with E-state index in [4.69, 9.17) is 9.47 Å². The first kappa shape index (κ1) is 19.1. The topological polar surface area (TPSA) is 71.3 Å². The summed E-state index contributed by atoms with van der Waals surface area (Å²) < 4.78 is 10.4. The third-order valence-electron chi connectivity index (χ3n) is 3.88. The maximum Gasteiger partial charge on any atom is 0.261 e. The number of ether oxygens (including phenoxy) is 2. The van der Waals surface area contributed by atoms with E-state index in [0.29, 0.717) is 23.6 Å². The van der Waals surface area contributed by atoms with Gasteiger partial charge in [0.15, 0.2) is 0 Å². The summed E-state index contributed by atoms with van der Waals surface area (Å²) in [6, 6.07) is 17.2. The molecule has 0 aromatic heterocycles. The van der Waals surface area contributed by atoms with E-state index in [1.54, 1.807) is 25.3 Å². The summed E-state index contributed by atoms with van der Waals surface area (Å²) in [5, 5.41) is 12.1. The number of rotatable bonds is 8. The highest BCUT2D eigenvalue weighted by Gasteiger charge is 2.11. The van der Waals surface area contributed by atoms with Crippen molar-refractivity contribution < 1.29 is 14.3 Å². The number of methoxy groups -OCH3 is 2. The van der Waals surface area contributed by atoms with Gasteiger partial charge in [0, 0.05) is 18.2 Å². The van der Waals surface area contributed by atoms with E-state index >= 15 is 0 Å². The van der Waals surface area contributed by atoms with Crippen molar-refractivity contribution in [1.29, 1.82) is 5.26 Å². The van der Waals surface area contributed by atoms with E-state index in [1.807, 2.05) is 24.3 Å². The second-order valence-electron chi connectivity index (χ2n) is 5.62. The smallest absolute Gasteiger partial charge is 0.261 e. The van der Waals surface area contributed by atoms with Crippen LogP contribution in [-0.4, -0.2) is 26.7 Å². The van der Waals surface area contributed by atoms with Crippen LogP contribution in [0.25, 0.3) is 6.08 Å². The molecule has 2 rings (SSSR count). The zero-order valence-electron chi connectivity index (χ0n) is 15.0. The van der Waals surface area contributed by atoms with Crippen LogP contribution in [-0.2, 0) is 11.2 Å². The molecule has 0 fully saturated rings. The fraction of sp³-hybridized carbons (Fsp3) is 0.238. The predicted molar refractivity (Wildman–Crippen MR) is 101 cm³/mol. The molecule has 0 heterocycles. The molecule has 0 saturated heterocycles. The van der Waals surface area contributed by atoms with Gasteiger partial charge >= 0.3 is 0 Å². The summed E-state index contributed by atoms with van der Waals surface area (Å²) in [5.41, 5.74) is 1.90. The van der Waals surface area contributed by atoms with Gasteiger partial charge in [-0.25, -0.2) is 0 Å². The highest BCUT2D eigenvalue weighted by molar-refractivity contribution is 6.02. The van der Waals surface area contributed by atoms with Crippen LogP contribution in [0.5, 0.6) is 11.5 Å². The minimum atomic E-state index is -0.390. The first-order valence-corrected chi connectivity index (χ1v) is 8.34. The van der Waals surface area contributed by atoms with Gasteiger partial charge in [0.1, 0.15) is 23.1 Å². The van der Waals surface area contributed by atoms with Gasteiger partial charge in [0.25, 0.3) is 5.91 Å². The molecule has 0 spiro atoms. The molecule has 1 N–H and O–H groups in total. The summed E-state index contributed by atoms with van der Waals surface area (Å²) >= 11 is 0. The Morgan fingerprint density at radius 1 is 1.15 bits per heavy atom. The lowest BCUT2D eigenvalue weighted by Crippen LogP contribution is -2.25. The van der Waals surface area contributed by atoms with Gasteiger partial charge < -0.3 is 14.8 Å². The maximum absolute atomic E-state index is 12.2. The zero-order valence-corrected chi connectivity index (χ0v) is 15.0. The monoisotopic (exact) mass is 350 g/mol. The lowest BCUT2D eigenvalue weighted by Gasteiger charge is -2.08. The second-order valence-corrected chi connectivity index (χ2v) is 5.62. The van der Waals surface area contributed by atoms with Crippen LogP contribution in [0.3, 0.4) is 0 Å². The number of aryl methyl sites for hydroxylation is 1. The van der Waals surface area contributed by atoms with E-state index in [1.165, 1.54) is 18.7 Å². The molecule has 0 radical (unpaired) electrons. The molecule has 2 aromatic rings. The van der Waals surface area contributed by atoms with Crippen LogP contribution in [0.4, 0.5) is 0 Å². The second kappa shape index (κ2) is 9.90. The Bertz CT molecular complexity index is 808. The van der Waals surface area contributed by atoms with Gasteiger partial charge in [-0.05, 0) is 36.6 Å². The van der Waals surface area contributed by atoms with Gasteiger partial charge in [0.2, 0.25) is 0 Å². The van der Waals surface area contributed by atoms with E-state index < -0.39 is 5.91 Å². The number of hydrogen-bond acceptors (Lipinski definition) is 4. The van der Waals surface area contributed by atoms with Crippen LogP contribution in [0.2, 0.25) is 0 Å². The summed E-state index contributed by atoms with van der Waals surface area (Å²) in [6.45, 7) is 0.506. The highest BCUT2D eigenvalue weighted by atomic mass is 16.5. The van der Waals surface area contributed by atoms with Crippen LogP contribution >= 0.6 is 0 Å². The molecular weight excluding hydrogens is 328 g/mol.